The first kappa shape index (κ1) is 50.8. The quantitative estimate of drug-likeness (QED) is 0.0815. The van der Waals surface area contributed by atoms with E-state index in [1.54, 1.807) is 0 Å². The van der Waals surface area contributed by atoms with E-state index in [2.05, 4.69) is 48.5 Å². The van der Waals surface area contributed by atoms with E-state index in [9.17, 15) is 9.90 Å². The number of ether oxygens (including phenoxy) is 1. The summed E-state index contributed by atoms with van der Waals surface area (Å²) < 4.78 is 6.60. The lowest BCUT2D eigenvalue weighted by atomic mass is 9.84. The number of phenolic OH excluding ortho intramolecular Hbond substituents is 1. The molecule has 0 saturated carbocycles. The van der Waals surface area contributed by atoms with Gasteiger partial charge in [-0.25, -0.2) is 0 Å². The van der Waals surface area contributed by atoms with Crippen LogP contribution in [0.2, 0.25) is 0 Å². The van der Waals surface area contributed by atoms with Gasteiger partial charge in [0.15, 0.2) is 0 Å². The predicted molar refractivity (Wildman–Crippen MR) is 226 cm³/mol. The Labute approximate surface area is 327 Å². The fourth-order valence-corrected chi connectivity index (χ4v) is 7.57. The molecular weight excluding hydrogens is 661 g/mol. The second-order valence-corrected chi connectivity index (χ2v) is 17.3. The van der Waals surface area contributed by atoms with Crippen molar-refractivity contribution in [2.24, 2.45) is 17.8 Å². The summed E-state index contributed by atoms with van der Waals surface area (Å²) in [7, 11) is 0. The van der Waals surface area contributed by atoms with Gasteiger partial charge < -0.3 is 20.1 Å². The lowest BCUT2D eigenvalue weighted by Gasteiger charge is -2.38. The molecule has 0 aliphatic carbocycles. The molecular formula is C47H86O6. The monoisotopic (exact) mass is 747 g/mol. The van der Waals surface area contributed by atoms with Crippen molar-refractivity contribution in [2.45, 2.75) is 235 Å². The Morgan fingerprint density at radius 2 is 1.09 bits per heavy atom. The summed E-state index contributed by atoms with van der Waals surface area (Å²) >= 11 is 0. The molecule has 0 saturated heterocycles. The zero-order valence-electron chi connectivity index (χ0n) is 36.5. The molecule has 0 spiro atoms. The number of aromatic hydroxyl groups is 1. The minimum absolute atomic E-state index is 0.0712. The Hall–Kier alpha value is -2.24. The van der Waals surface area contributed by atoms with Crippen LogP contribution < -0.4 is 4.74 Å². The van der Waals surface area contributed by atoms with Crippen molar-refractivity contribution in [3.63, 3.8) is 0 Å². The number of fused-ring (bicyclic) bond motifs is 1. The molecule has 6 nitrogen and oxygen atoms in total. The molecule has 1 aromatic rings. The molecule has 0 amide bonds. The number of phenols is 1. The van der Waals surface area contributed by atoms with Gasteiger partial charge in [-0.2, -0.15) is 0 Å². The third kappa shape index (κ3) is 25.5. The van der Waals surface area contributed by atoms with E-state index in [0.29, 0.717) is 12.2 Å². The molecule has 0 unspecified atom stereocenters. The van der Waals surface area contributed by atoms with Gasteiger partial charge in [-0.15, -0.1) is 0 Å². The molecule has 0 aromatic heterocycles. The zero-order valence-corrected chi connectivity index (χ0v) is 36.5. The number of carbonyl (C=O) groups is 2. The average Bonchev–Trinajstić information content (AvgIpc) is 3.08. The van der Waals surface area contributed by atoms with E-state index >= 15 is 0 Å². The van der Waals surface area contributed by atoms with Gasteiger partial charge in [0.05, 0.1) is 0 Å². The van der Waals surface area contributed by atoms with Crippen LogP contribution in [0.3, 0.4) is 0 Å². The molecule has 6 heteroatoms. The van der Waals surface area contributed by atoms with E-state index in [4.69, 9.17) is 19.7 Å². The maximum atomic E-state index is 10.4. The zero-order chi connectivity index (χ0) is 40.2. The highest BCUT2D eigenvalue weighted by atomic mass is 16.5. The van der Waals surface area contributed by atoms with Gasteiger partial charge in [-0.3, -0.25) is 9.59 Å². The third-order valence-corrected chi connectivity index (χ3v) is 11.4. The summed E-state index contributed by atoms with van der Waals surface area (Å²) in [5.74, 6) is 2.55. The average molecular weight is 747 g/mol. The summed E-state index contributed by atoms with van der Waals surface area (Å²) in [5, 5.41) is 26.3. The number of carboxylic acid groups (broad SMARTS) is 2. The fourth-order valence-electron chi connectivity index (χ4n) is 7.57. The third-order valence-electron chi connectivity index (χ3n) is 11.4. The number of carboxylic acids is 2. The number of rotatable bonds is 26. The summed E-state index contributed by atoms with van der Waals surface area (Å²) in [6.07, 6.45) is 31.3. The van der Waals surface area contributed by atoms with Crippen LogP contribution >= 0.6 is 0 Å². The van der Waals surface area contributed by atoms with Gasteiger partial charge in [0.1, 0.15) is 17.1 Å². The molecule has 3 atom stereocenters. The van der Waals surface area contributed by atoms with Gasteiger partial charge in [0.2, 0.25) is 0 Å². The van der Waals surface area contributed by atoms with Crippen LogP contribution in [0.15, 0.2) is 0 Å². The molecule has 310 valence electrons. The largest absolute Gasteiger partial charge is 0.507 e. The Balaban J connectivity index is 0.00000104. The number of benzene rings is 1. The SMILES string of the molecule is CC(=O)O.CCCCCCCCCCCCCCCC(=O)O.Cc1c(C)c2c(c(C)c1O)CC[C@@](C)(CCC[C@H](C)CCC[C@H](C)CCCC(C)C)O2. The Morgan fingerprint density at radius 1 is 0.660 bits per heavy atom. The Bertz CT molecular complexity index is 1110. The highest BCUT2D eigenvalue weighted by Gasteiger charge is 2.34. The highest BCUT2D eigenvalue weighted by Crippen LogP contribution is 2.44. The molecule has 1 heterocycles. The van der Waals surface area contributed by atoms with Crippen molar-refractivity contribution in [2.75, 3.05) is 0 Å². The molecule has 2 rings (SSSR count). The van der Waals surface area contributed by atoms with Crippen molar-refractivity contribution >= 4 is 11.9 Å². The first-order valence-corrected chi connectivity index (χ1v) is 22.0. The number of hydrogen-bond acceptors (Lipinski definition) is 4. The molecule has 53 heavy (non-hydrogen) atoms. The fraction of sp³-hybridized carbons (Fsp3) is 0.830. The Morgan fingerprint density at radius 3 is 1.55 bits per heavy atom. The van der Waals surface area contributed by atoms with Crippen molar-refractivity contribution in [1.29, 1.82) is 0 Å². The van der Waals surface area contributed by atoms with Crippen LogP contribution in [0.5, 0.6) is 11.5 Å². The van der Waals surface area contributed by atoms with Crippen molar-refractivity contribution in [1.82, 2.24) is 0 Å². The Kier molecular flexibility index (Phi) is 28.8. The summed E-state index contributed by atoms with van der Waals surface area (Å²) in [6, 6.07) is 0. The van der Waals surface area contributed by atoms with Crippen LogP contribution in [-0.4, -0.2) is 32.9 Å². The normalized spacial score (nSPS) is 16.1. The minimum Gasteiger partial charge on any atom is -0.507 e. The van der Waals surface area contributed by atoms with E-state index in [0.717, 1.165) is 79.2 Å². The van der Waals surface area contributed by atoms with Crippen LogP contribution in [0, 0.1) is 38.5 Å². The van der Waals surface area contributed by atoms with Gasteiger partial charge in [-0.1, -0.05) is 157 Å². The molecule has 1 aromatic carbocycles. The maximum absolute atomic E-state index is 10.4. The lowest BCUT2D eigenvalue weighted by molar-refractivity contribution is -0.137. The molecule has 1 aliphatic heterocycles. The molecule has 0 fully saturated rings. The van der Waals surface area contributed by atoms with Gasteiger partial charge in [0.25, 0.3) is 5.97 Å². The van der Waals surface area contributed by atoms with Crippen LogP contribution in [0.4, 0.5) is 0 Å². The van der Waals surface area contributed by atoms with E-state index in [-0.39, 0.29) is 5.60 Å². The first-order valence-electron chi connectivity index (χ1n) is 22.0. The van der Waals surface area contributed by atoms with E-state index in [1.165, 1.54) is 128 Å². The summed E-state index contributed by atoms with van der Waals surface area (Å²) in [4.78, 5) is 19.3. The predicted octanol–water partition coefficient (Wildman–Crippen LogP) is 14.5. The highest BCUT2D eigenvalue weighted by molar-refractivity contribution is 5.66. The summed E-state index contributed by atoms with van der Waals surface area (Å²) in [5.41, 5.74) is 4.23. The van der Waals surface area contributed by atoms with Gasteiger partial charge in [-0.05, 0) is 94.2 Å². The van der Waals surface area contributed by atoms with Crippen molar-refractivity contribution < 1.29 is 29.6 Å². The molecule has 3 N–H and O–H groups in total. The molecule has 0 bridgehead atoms. The molecule has 0 radical (unpaired) electrons. The maximum Gasteiger partial charge on any atom is 0.303 e. The van der Waals surface area contributed by atoms with E-state index < -0.39 is 11.9 Å². The van der Waals surface area contributed by atoms with E-state index in [1.807, 2.05) is 13.8 Å². The van der Waals surface area contributed by atoms with Crippen LogP contribution in [0.1, 0.15) is 225 Å². The van der Waals surface area contributed by atoms with Crippen LogP contribution in [-0.2, 0) is 16.0 Å². The van der Waals surface area contributed by atoms with Crippen molar-refractivity contribution in [3.05, 3.63) is 22.3 Å². The minimum atomic E-state index is -0.833. The second-order valence-electron chi connectivity index (χ2n) is 17.3. The lowest BCUT2D eigenvalue weighted by Crippen LogP contribution is -2.37. The standard InChI is InChI=1S/C29H50O2.C16H32O2.C2H4O2/c1-20(2)12-9-13-21(3)14-10-15-22(4)16-11-18-29(8)19-17-26-25(7)27(30)23(5)24(6)28(26)31-29;1-2-3-4-5-6-7-8-9-10-11-12-13-14-15-16(17)18;1-2(3)4/h20-22,30H,9-19H2,1-8H3;2-15H2,1H3,(H,17,18);1H3,(H,3,4)/t21-,22-,29-;;/m1../s1. The van der Waals surface area contributed by atoms with Crippen molar-refractivity contribution in [3.8, 4) is 11.5 Å². The number of hydrogen-bond donors (Lipinski definition) is 3. The topological polar surface area (TPSA) is 104 Å². The van der Waals surface area contributed by atoms with Gasteiger partial charge in [0, 0.05) is 18.9 Å². The first-order chi connectivity index (χ1) is 25.0. The molecule has 1 aliphatic rings. The second kappa shape index (κ2) is 30.0. The number of aliphatic carboxylic acids is 2. The smallest absolute Gasteiger partial charge is 0.303 e. The van der Waals surface area contributed by atoms with Gasteiger partial charge >= 0.3 is 5.97 Å². The summed E-state index contributed by atoms with van der Waals surface area (Å²) in [6.45, 7) is 21.3. The van der Waals surface area contributed by atoms with Crippen LogP contribution in [0.25, 0.3) is 0 Å². The number of unbranched alkanes of at least 4 members (excludes halogenated alkanes) is 12.